The largest absolute Gasteiger partial charge is 0.472 e. The zero-order valence-electron chi connectivity index (χ0n) is 13.1. The van der Waals surface area contributed by atoms with Gasteiger partial charge in [-0.3, -0.25) is 9.59 Å². The number of nitrogens with zero attached hydrogens (tertiary/aromatic N) is 1. The molecule has 4 heteroatoms. The van der Waals surface area contributed by atoms with Crippen molar-refractivity contribution in [3.8, 4) is 0 Å². The monoisotopic (exact) mass is 311 g/mol. The summed E-state index contributed by atoms with van der Waals surface area (Å²) in [6.45, 7) is 0.761. The topological polar surface area (TPSA) is 50.5 Å². The van der Waals surface area contributed by atoms with E-state index >= 15 is 0 Å². The maximum Gasteiger partial charge on any atom is 0.223 e. The molecule has 3 rings (SSSR count). The van der Waals surface area contributed by atoms with E-state index in [1.54, 1.807) is 12.5 Å². The molecule has 1 fully saturated rings. The second kappa shape index (κ2) is 7.27. The van der Waals surface area contributed by atoms with Gasteiger partial charge in [0.2, 0.25) is 5.91 Å². The van der Waals surface area contributed by atoms with Crippen molar-refractivity contribution < 1.29 is 14.0 Å². The maximum absolute atomic E-state index is 12.5. The number of hydrogen-bond acceptors (Lipinski definition) is 3. The van der Waals surface area contributed by atoms with Crippen LogP contribution in [0.15, 0.2) is 53.3 Å². The Morgan fingerprint density at radius 2 is 2.00 bits per heavy atom. The smallest absolute Gasteiger partial charge is 0.223 e. The molecule has 2 aromatic rings. The van der Waals surface area contributed by atoms with Crippen LogP contribution in [0, 0.1) is 0 Å². The minimum absolute atomic E-state index is 0.0413. The SMILES string of the molecule is O=C(CC1CCCN1C(=O)CCc1ccoc1)c1ccccc1. The average molecular weight is 311 g/mol. The fraction of sp³-hybridized carbons (Fsp3) is 0.368. The van der Waals surface area contributed by atoms with Gasteiger partial charge >= 0.3 is 0 Å². The number of likely N-dealkylation sites (tertiary alicyclic amines) is 1. The molecule has 1 aliphatic heterocycles. The van der Waals surface area contributed by atoms with Crippen LogP contribution in [0.2, 0.25) is 0 Å². The van der Waals surface area contributed by atoms with Crippen LogP contribution in [-0.2, 0) is 11.2 Å². The standard InChI is InChI=1S/C19H21NO3/c21-18(16-5-2-1-3-6-16)13-17-7-4-11-20(17)19(22)9-8-15-10-12-23-14-15/h1-3,5-6,10,12,14,17H,4,7-9,11,13H2. The molecule has 4 nitrogen and oxygen atoms in total. The van der Waals surface area contributed by atoms with E-state index in [2.05, 4.69) is 0 Å². The lowest BCUT2D eigenvalue weighted by atomic mass is 10.0. The molecule has 1 aromatic heterocycles. The predicted octanol–water partition coefficient (Wildman–Crippen LogP) is 3.48. The van der Waals surface area contributed by atoms with Gasteiger partial charge in [0.25, 0.3) is 0 Å². The van der Waals surface area contributed by atoms with Crippen LogP contribution in [0.25, 0.3) is 0 Å². The van der Waals surface area contributed by atoms with Crippen LogP contribution < -0.4 is 0 Å². The summed E-state index contributed by atoms with van der Waals surface area (Å²) < 4.78 is 5.03. The summed E-state index contributed by atoms with van der Waals surface area (Å²) in [6, 6.07) is 11.2. The molecule has 0 radical (unpaired) electrons. The molecule has 1 unspecified atom stereocenters. The van der Waals surface area contributed by atoms with Gasteiger partial charge in [0, 0.05) is 31.0 Å². The van der Waals surface area contributed by atoms with Crippen LogP contribution in [0.1, 0.15) is 41.6 Å². The van der Waals surface area contributed by atoms with E-state index < -0.39 is 0 Å². The van der Waals surface area contributed by atoms with Gasteiger partial charge in [-0.15, -0.1) is 0 Å². The zero-order chi connectivity index (χ0) is 16.1. The fourth-order valence-corrected chi connectivity index (χ4v) is 3.16. The van der Waals surface area contributed by atoms with Crippen LogP contribution >= 0.6 is 0 Å². The highest BCUT2D eigenvalue weighted by atomic mass is 16.3. The Bertz CT molecular complexity index is 649. The summed E-state index contributed by atoms with van der Waals surface area (Å²) in [6.07, 6.45) is 6.76. The average Bonchev–Trinajstić information content (AvgIpc) is 3.25. The van der Waals surface area contributed by atoms with Gasteiger partial charge in [-0.2, -0.15) is 0 Å². The molecule has 1 aromatic carbocycles. The highest BCUT2D eigenvalue weighted by molar-refractivity contribution is 5.96. The lowest BCUT2D eigenvalue weighted by Crippen LogP contribution is -2.37. The lowest BCUT2D eigenvalue weighted by molar-refractivity contribution is -0.131. The first-order valence-corrected chi connectivity index (χ1v) is 8.13. The molecule has 120 valence electrons. The van der Waals surface area contributed by atoms with Gasteiger partial charge in [0.05, 0.1) is 12.5 Å². The molecule has 1 amide bonds. The Morgan fingerprint density at radius 3 is 2.74 bits per heavy atom. The van der Waals surface area contributed by atoms with Crippen molar-refractivity contribution in [3.05, 3.63) is 60.1 Å². The van der Waals surface area contributed by atoms with Crippen molar-refractivity contribution in [2.24, 2.45) is 0 Å². The molecule has 0 spiro atoms. The summed E-state index contributed by atoms with van der Waals surface area (Å²) in [5, 5.41) is 0. The van der Waals surface area contributed by atoms with Crippen LogP contribution in [0.4, 0.5) is 0 Å². The molecular formula is C19H21NO3. The van der Waals surface area contributed by atoms with Gasteiger partial charge in [-0.25, -0.2) is 0 Å². The van der Waals surface area contributed by atoms with E-state index in [1.807, 2.05) is 41.3 Å². The first kappa shape index (κ1) is 15.5. The number of aryl methyl sites for hydroxylation is 1. The Kier molecular flexibility index (Phi) is 4.91. The van der Waals surface area contributed by atoms with Crippen LogP contribution in [-0.4, -0.2) is 29.2 Å². The van der Waals surface area contributed by atoms with E-state index in [1.165, 1.54) is 0 Å². The highest BCUT2D eigenvalue weighted by Gasteiger charge is 2.30. The van der Waals surface area contributed by atoms with E-state index in [9.17, 15) is 9.59 Å². The molecule has 0 saturated carbocycles. The maximum atomic E-state index is 12.5. The number of Topliss-reactive ketones (excluding diaryl/α,β-unsaturated/α-hetero) is 1. The number of ketones is 1. The first-order chi connectivity index (χ1) is 11.2. The Morgan fingerprint density at radius 1 is 1.17 bits per heavy atom. The van der Waals surface area contributed by atoms with Crippen molar-refractivity contribution in [2.75, 3.05) is 6.54 Å². The van der Waals surface area contributed by atoms with Crippen molar-refractivity contribution in [3.63, 3.8) is 0 Å². The third-order valence-electron chi connectivity index (χ3n) is 4.42. The summed E-state index contributed by atoms with van der Waals surface area (Å²) in [7, 11) is 0. The molecule has 0 bridgehead atoms. The van der Waals surface area contributed by atoms with Gasteiger partial charge < -0.3 is 9.32 Å². The first-order valence-electron chi connectivity index (χ1n) is 8.13. The highest BCUT2D eigenvalue weighted by Crippen LogP contribution is 2.23. The number of benzene rings is 1. The van der Waals surface area contributed by atoms with E-state index in [0.29, 0.717) is 19.3 Å². The van der Waals surface area contributed by atoms with Gasteiger partial charge in [-0.1, -0.05) is 30.3 Å². The summed E-state index contributed by atoms with van der Waals surface area (Å²) in [4.78, 5) is 26.7. The third kappa shape index (κ3) is 3.89. The second-order valence-electron chi connectivity index (χ2n) is 6.01. The lowest BCUT2D eigenvalue weighted by Gasteiger charge is -2.24. The molecule has 0 N–H and O–H groups in total. The van der Waals surface area contributed by atoms with E-state index in [0.717, 1.165) is 30.5 Å². The van der Waals surface area contributed by atoms with Crippen molar-refractivity contribution in [1.82, 2.24) is 4.90 Å². The van der Waals surface area contributed by atoms with Crippen molar-refractivity contribution in [2.45, 2.75) is 38.1 Å². The normalized spacial score (nSPS) is 17.4. The number of amides is 1. The number of furan rings is 1. The minimum Gasteiger partial charge on any atom is -0.472 e. The molecule has 23 heavy (non-hydrogen) atoms. The molecule has 0 aliphatic carbocycles. The summed E-state index contributed by atoms with van der Waals surface area (Å²) in [5.41, 5.74) is 1.76. The molecule has 1 atom stereocenters. The predicted molar refractivity (Wildman–Crippen MR) is 87.2 cm³/mol. The molecule has 2 heterocycles. The van der Waals surface area contributed by atoms with Gasteiger partial charge in [0.15, 0.2) is 5.78 Å². The van der Waals surface area contributed by atoms with Crippen LogP contribution in [0.3, 0.4) is 0 Å². The van der Waals surface area contributed by atoms with E-state index in [-0.39, 0.29) is 17.7 Å². The van der Waals surface area contributed by atoms with Crippen molar-refractivity contribution in [1.29, 1.82) is 0 Å². The summed E-state index contributed by atoms with van der Waals surface area (Å²) in [5.74, 6) is 0.250. The molecule has 1 aliphatic rings. The van der Waals surface area contributed by atoms with Crippen LogP contribution in [0.5, 0.6) is 0 Å². The third-order valence-corrected chi connectivity index (χ3v) is 4.42. The number of rotatable bonds is 6. The zero-order valence-corrected chi connectivity index (χ0v) is 13.1. The molecule has 1 saturated heterocycles. The Labute approximate surface area is 136 Å². The quantitative estimate of drug-likeness (QED) is 0.767. The number of hydrogen-bond donors (Lipinski definition) is 0. The number of carbonyl (C=O) groups is 2. The van der Waals surface area contributed by atoms with Gasteiger partial charge in [0.1, 0.15) is 0 Å². The van der Waals surface area contributed by atoms with Gasteiger partial charge in [-0.05, 0) is 30.9 Å². The van der Waals surface area contributed by atoms with E-state index in [4.69, 9.17) is 4.42 Å². The van der Waals surface area contributed by atoms with Crippen molar-refractivity contribution >= 4 is 11.7 Å². The number of carbonyl (C=O) groups excluding carboxylic acids is 2. The summed E-state index contributed by atoms with van der Waals surface area (Å²) >= 11 is 0. The second-order valence-corrected chi connectivity index (χ2v) is 6.01. The minimum atomic E-state index is 0.0413. The Hall–Kier alpha value is -2.36. The molecular weight excluding hydrogens is 290 g/mol. The fourth-order valence-electron chi connectivity index (χ4n) is 3.16. The Balaban J connectivity index is 1.56.